The summed E-state index contributed by atoms with van der Waals surface area (Å²) in [5.41, 5.74) is 1.38. The van der Waals surface area contributed by atoms with Gasteiger partial charge in [-0.2, -0.15) is 0 Å². The van der Waals surface area contributed by atoms with Gasteiger partial charge >= 0.3 is 0 Å². The first-order chi connectivity index (χ1) is 8.36. The predicted octanol–water partition coefficient (Wildman–Crippen LogP) is 2.37. The van der Waals surface area contributed by atoms with E-state index in [0.29, 0.717) is 5.92 Å². The SMILES string of the molecule is OC1CCCCC1CNCCc1ccccc1. The maximum atomic E-state index is 9.85. The van der Waals surface area contributed by atoms with Crippen molar-refractivity contribution in [3.63, 3.8) is 0 Å². The van der Waals surface area contributed by atoms with Crippen LogP contribution >= 0.6 is 0 Å². The minimum Gasteiger partial charge on any atom is -0.393 e. The van der Waals surface area contributed by atoms with Crippen molar-refractivity contribution in [2.24, 2.45) is 5.92 Å². The molecule has 1 fully saturated rings. The second-order valence-corrected chi connectivity index (χ2v) is 5.05. The van der Waals surface area contributed by atoms with Gasteiger partial charge in [0.15, 0.2) is 0 Å². The van der Waals surface area contributed by atoms with Gasteiger partial charge in [0, 0.05) is 6.54 Å². The first kappa shape index (κ1) is 12.6. The fourth-order valence-electron chi connectivity index (χ4n) is 2.59. The zero-order chi connectivity index (χ0) is 11.9. The average molecular weight is 233 g/mol. The van der Waals surface area contributed by atoms with Gasteiger partial charge in [-0.05, 0) is 37.3 Å². The van der Waals surface area contributed by atoms with E-state index in [4.69, 9.17) is 0 Å². The van der Waals surface area contributed by atoms with Crippen LogP contribution in [0.1, 0.15) is 31.2 Å². The molecule has 2 unspecified atom stereocenters. The van der Waals surface area contributed by atoms with E-state index in [0.717, 1.165) is 25.9 Å². The van der Waals surface area contributed by atoms with E-state index in [-0.39, 0.29) is 6.10 Å². The number of aliphatic hydroxyl groups is 1. The van der Waals surface area contributed by atoms with Crippen molar-refractivity contribution in [2.75, 3.05) is 13.1 Å². The standard InChI is InChI=1S/C15H23NO/c17-15-9-5-4-8-14(15)12-16-11-10-13-6-2-1-3-7-13/h1-3,6-7,14-17H,4-5,8-12H2. The van der Waals surface area contributed by atoms with Gasteiger partial charge in [0.25, 0.3) is 0 Å². The molecule has 17 heavy (non-hydrogen) atoms. The number of benzene rings is 1. The molecule has 0 saturated heterocycles. The van der Waals surface area contributed by atoms with Gasteiger partial charge in [0.1, 0.15) is 0 Å². The summed E-state index contributed by atoms with van der Waals surface area (Å²) >= 11 is 0. The Morgan fingerprint density at radius 2 is 1.88 bits per heavy atom. The van der Waals surface area contributed by atoms with Crippen molar-refractivity contribution in [1.29, 1.82) is 0 Å². The quantitative estimate of drug-likeness (QED) is 0.765. The van der Waals surface area contributed by atoms with Crippen molar-refractivity contribution >= 4 is 0 Å². The average Bonchev–Trinajstić information content (AvgIpc) is 2.38. The van der Waals surface area contributed by atoms with E-state index >= 15 is 0 Å². The van der Waals surface area contributed by atoms with Gasteiger partial charge in [-0.25, -0.2) is 0 Å². The van der Waals surface area contributed by atoms with E-state index in [1.807, 2.05) is 0 Å². The summed E-state index contributed by atoms with van der Waals surface area (Å²) in [6.07, 6.45) is 5.64. The summed E-state index contributed by atoms with van der Waals surface area (Å²) in [7, 11) is 0. The van der Waals surface area contributed by atoms with E-state index in [9.17, 15) is 5.11 Å². The van der Waals surface area contributed by atoms with Crippen molar-refractivity contribution in [2.45, 2.75) is 38.2 Å². The van der Waals surface area contributed by atoms with Crippen LogP contribution in [-0.2, 0) is 6.42 Å². The van der Waals surface area contributed by atoms with Crippen molar-refractivity contribution in [3.05, 3.63) is 35.9 Å². The number of hydrogen-bond donors (Lipinski definition) is 2. The van der Waals surface area contributed by atoms with Crippen LogP contribution in [0.2, 0.25) is 0 Å². The summed E-state index contributed by atoms with van der Waals surface area (Å²) in [5, 5.41) is 13.3. The molecule has 0 amide bonds. The molecule has 1 aliphatic rings. The predicted molar refractivity (Wildman–Crippen MR) is 71.0 cm³/mol. The molecule has 1 aromatic rings. The first-order valence-electron chi connectivity index (χ1n) is 6.79. The Morgan fingerprint density at radius 1 is 1.12 bits per heavy atom. The summed E-state index contributed by atoms with van der Waals surface area (Å²) in [5.74, 6) is 0.472. The Morgan fingerprint density at radius 3 is 2.65 bits per heavy atom. The molecule has 0 bridgehead atoms. The summed E-state index contributed by atoms with van der Waals surface area (Å²) in [6, 6.07) is 10.5. The normalized spacial score (nSPS) is 24.8. The van der Waals surface area contributed by atoms with Gasteiger partial charge < -0.3 is 10.4 Å². The summed E-state index contributed by atoms with van der Waals surface area (Å²) in [6.45, 7) is 1.97. The smallest absolute Gasteiger partial charge is 0.0580 e. The molecule has 0 aromatic heterocycles. The number of aliphatic hydroxyl groups excluding tert-OH is 1. The lowest BCUT2D eigenvalue weighted by molar-refractivity contribution is 0.0698. The fourth-order valence-corrected chi connectivity index (χ4v) is 2.59. The largest absolute Gasteiger partial charge is 0.393 e. The maximum Gasteiger partial charge on any atom is 0.0580 e. The molecule has 0 aliphatic heterocycles. The van der Waals surface area contributed by atoms with Crippen LogP contribution in [0.4, 0.5) is 0 Å². The zero-order valence-electron chi connectivity index (χ0n) is 10.4. The van der Waals surface area contributed by atoms with Crippen LogP contribution in [0.3, 0.4) is 0 Å². The highest BCUT2D eigenvalue weighted by Crippen LogP contribution is 2.23. The maximum absolute atomic E-state index is 9.85. The molecule has 1 saturated carbocycles. The van der Waals surface area contributed by atoms with Gasteiger partial charge in [0.2, 0.25) is 0 Å². The fraction of sp³-hybridized carbons (Fsp3) is 0.600. The topological polar surface area (TPSA) is 32.3 Å². The minimum absolute atomic E-state index is 0.0759. The Labute approximate surface area is 104 Å². The van der Waals surface area contributed by atoms with Gasteiger partial charge in [-0.1, -0.05) is 43.2 Å². The van der Waals surface area contributed by atoms with Crippen molar-refractivity contribution < 1.29 is 5.11 Å². The second kappa shape index (κ2) is 6.77. The molecule has 94 valence electrons. The number of nitrogens with one attached hydrogen (secondary N) is 1. The van der Waals surface area contributed by atoms with Crippen LogP contribution in [0.5, 0.6) is 0 Å². The molecular formula is C15H23NO. The molecule has 0 spiro atoms. The van der Waals surface area contributed by atoms with Crippen molar-refractivity contribution in [3.8, 4) is 0 Å². The molecular weight excluding hydrogens is 210 g/mol. The third-order valence-corrected chi connectivity index (χ3v) is 3.71. The lowest BCUT2D eigenvalue weighted by Crippen LogP contribution is -2.34. The lowest BCUT2D eigenvalue weighted by atomic mass is 9.86. The number of rotatable bonds is 5. The van der Waals surface area contributed by atoms with Crippen LogP contribution < -0.4 is 5.32 Å². The zero-order valence-corrected chi connectivity index (χ0v) is 10.4. The molecule has 1 aliphatic carbocycles. The molecule has 1 aromatic carbocycles. The molecule has 2 nitrogen and oxygen atoms in total. The van der Waals surface area contributed by atoms with Crippen LogP contribution in [0.25, 0.3) is 0 Å². The van der Waals surface area contributed by atoms with Gasteiger partial charge in [-0.15, -0.1) is 0 Å². The summed E-state index contributed by atoms with van der Waals surface area (Å²) in [4.78, 5) is 0. The monoisotopic (exact) mass is 233 g/mol. The Hall–Kier alpha value is -0.860. The Kier molecular flexibility index (Phi) is 5.02. The Balaban J connectivity index is 1.63. The second-order valence-electron chi connectivity index (χ2n) is 5.05. The van der Waals surface area contributed by atoms with E-state index in [1.54, 1.807) is 0 Å². The van der Waals surface area contributed by atoms with Crippen LogP contribution in [0, 0.1) is 5.92 Å². The summed E-state index contributed by atoms with van der Waals surface area (Å²) < 4.78 is 0. The Bertz CT molecular complexity index is 312. The highest BCUT2D eigenvalue weighted by atomic mass is 16.3. The van der Waals surface area contributed by atoms with E-state index < -0.39 is 0 Å². The molecule has 2 N–H and O–H groups in total. The molecule has 0 radical (unpaired) electrons. The third kappa shape index (κ3) is 4.14. The third-order valence-electron chi connectivity index (χ3n) is 3.71. The first-order valence-corrected chi connectivity index (χ1v) is 6.79. The van der Waals surface area contributed by atoms with Crippen LogP contribution in [0.15, 0.2) is 30.3 Å². The van der Waals surface area contributed by atoms with Crippen molar-refractivity contribution in [1.82, 2.24) is 5.32 Å². The van der Waals surface area contributed by atoms with Gasteiger partial charge in [0.05, 0.1) is 6.10 Å². The lowest BCUT2D eigenvalue weighted by Gasteiger charge is -2.27. The highest BCUT2D eigenvalue weighted by molar-refractivity contribution is 5.14. The molecule has 2 atom stereocenters. The minimum atomic E-state index is -0.0759. The highest BCUT2D eigenvalue weighted by Gasteiger charge is 2.22. The molecule has 2 heteroatoms. The van der Waals surface area contributed by atoms with E-state index in [2.05, 4.69) is 35.6 Å². The molecule has 2 rings (SSSR count). The van der Waals surface area contributed by atoms with E-state index in [1.165, 1.54) is 24.8 Å². The molecule has 0 heterocycles. The van der Waals surface area contributed by atoms with Gasteiger partial charge in [-0.3, -0.25) is 0 Å². The van der Waals surface area contributed by atoms with Crippen LogP contribution in [-0.4, -0.2) is 24.3 Å². The number of hydrogen-bond acceptors (Lipinski definition) is 2.